The fourth-order valence-electron chi connectivity index (χ4n) is 2.98. The van der Waals surface area contributed by atoms with Gasteiger partial charge in [-0.25, -0.2) is 0 Å². The van der Waals surface area contributed by atoms with Crippen LogP contribution in [0.2, 0.25) is 0 Å². The van der Waals surface area contributed by atoms with Crippen LogP contribution in [0.1, 0.15) is 19.4 Å². The molecular formula is C23H23N3O2S3. The van der Waals surface area contributed by atoms with Crippen LogP contribution in [0.3, 0.4) is 0 Å². The number of likely N-dealkylation sites (N-methyl/N-ethyl adjacent to an activating group) is 1. The first-order chi connectivity index (χ1) is 15.1. The number of thiocarbonyl (C=S) groups is 1. The molecule has 0 aliphatic rings. The molecule has 8 heteroatoms. The van der Waals surface area contributed by atoms with Crippen molar-refractivity contribution in [1.82, 2.24) is 10.2 Å². The molecule has 0 fully saturated rings. The second kappa shape index (κ2) is 11.0. The smallest absolute Gasteiger partial charge is 0.263 e. The normalized spacial score (nSPS) is 11.1. The Morgan fingerprint density at radius 3 is 2.10 bits per heavy atom. The topological polar surface area (TPSA) is 52.7 Å². The summed E-state index contributed by atoms with van der Waals surface area (Å²) in [6.07, 6.45) is 2.17. The van der Waals surface area contributed by atoms with Gasteiger partial charge in [0, 0.05) is 18.8 Å². The SMILES string of the molecule is CCNC(=S)N(CC)C(=O)C(C=O)=Cc1ccc(N(c2cccs2)c2cccs2)cc1. The lowest BCUT2D eigenvalue weighted by Gasteiger charge is -2.22. The third-order valence-corrected chi connectivity index (χ3v) is 6.51. The van der Waals surface area contributed by atoms with Crippen molar-refractivity contribution in [2.45, 2.75) is 13.8 Å². The van der Waals surface area contributed by atoms with E-state index in [9.17, 15) is 9.59 Å². The van der Waals surface area contributed by atoms with Crippen LogP contribution in [-0.4, -0.2) is 35.3 Å². The van der Waals surface area contributed by atoms with E-state index in [-0.39, 0.29) is 5.57 Å². The summed E-state index contributed by atoms with van der Waals surface area (Å²) in [6.45, 7) is 4.71. The number of nitrogens with one attached hydrogen (secondary N) is 1. The first kappa shape index (κ1) is 22.9. The van der Waals surface area contributed by atoms with Gasteiger partial charge in [-0.15, -0.1) is 22.7 Å². The van der Waals surface area contributed by atoms with Gasteiger partial charge >= 0.3 is 0 Å². The lowest BCUT2D eigenvalue weighted by Crippen LogP contribution is -2.44. The van der Waals surface area contributed by atoms with E-state index in [4.69, 9.17) is 12.2 Å². The minimum absolute atomic E-state index is 0.0585. The Bertz CT molecular complexity index is 1010. The average Bonchev–Trinajstić information content (AvgIpc) is 3.49. The maximum Gasteiger partial charge on any atom is 0.263 e. The molecule has 0 radical (unpaired) electrons. The van der Waals surface area contributed by atoms with Crippen LogP contribution in [0, 0.1) is 0 Å². The van der Waals surface area contributed by atoms with Crippen LogP contribution < -0.4 is 10.2 Å². The van der Waals surface area contributed by atoms with Gasteiger partial charge in [-0.3, -0.25) is 19.4 Å². The van der Waals surface area contributed by atoms with E-state index in [1.807, 2.05) is 61.0 Å². The maximum absolute atomic E-state index is 12.8. The highest BCUT2D eigenvalue weighted by molar-refractivity contribution is 7.80. The Morgan fingerprint density at radius 2 is 1.65 bits per heavy atom. The third kappa shape index (κ3) is 5.46. The second-order valence-electron chi connectivity index (χ2n) is 6.43. The van der Waals surface area contributed by atoms with E-state index in [2.05, 4.69) is 22.3 Å². The lowest BCUT2D eigenvalue weighted by atomic mass is 10.1. The van der Waals surface area contributed by atoms with Gasteiger partial charge in [-0.05, 0) is 84.9 Å². The van der Waals surface area contributed by atoms with E-state index in [0.717, 1.165) is 21.3 Å². The van der Waals surface area contributed by atoms with Crippen molar-refractivity contribution < 1.29 is 9.59 Å². The molecule has 160 valence electrons. The van der Waals surface area contributed by atoms with Crippen molar-refractivity contribution in [3.8, 4) is 0 Å². The highest BCUT2D eigenvalue weighted by Crippen LogP contribution is 2.39. The summed E-state index contributed by atoms with van der Waals surface area (Å²) < 4.78 is 0. The molecule has 0 aliphatic carbocycles. The van der Waals surface area contributed by atoms with E-state index in [1.165, 1.54) is 4.90 Å². The average molecular weight is 470 g/mol. The molecule has 3 rings (SSSR count). The molecule has 5 nitrogen and oxygen atoms in total. The molecule has 31 heavy (non-hydrogen) atoms. The quantitative estimate of drug-likeness (QED) is 0.153. The van der Waals surface area contributed by atoms with Gasteiger partial charge in [0.1, 0.15) is 10.0 Å². The Morgan fingerprint density at radius 1 is 1.03 bits per heavy atom. The van der Waals surface area contributed by atoms with Crippen LogP contribution >= 0.6 is 34.9 Å². The summed E-state index contributed by atoms with van der Waals surface area (Å²) in [6, 6.07) is 16.0. The molecule has 1 amide bonds. The van der Waals surface area contributed by atoms with Crippen LogP contribution in [0.25, 0.3) is 6.08 Å². The van der Waals surface area contributed by atoms with Crippen molar-refractivity contribution in [3.63, 3.8) is 0 Å². The summed E-state index contributed by atoms with van der Waals surface area (Å²) in [5, 5.41) is 9.60. The minimum atomic E-state index is -0.411. The Hall–Kier alpha value is -2.81. The fraction of sp³-hybridized carbons (Fsp3) is 0.174. The zero-order valence-electron chi connectivity index (χ0n) is 17.3. The zero-order chi connectivity index (χ0) is 22.2. The minimum Gasteiger partial charge on any atom is -0.362 e. The summed E-state index contributed by atoms with van der Waals surface area (Å²) in [5.41, 5.74) is 1.83. The lowest BCUT2D eigenvalue weighted by molar-refractivity contribution is -0.124. The molecule has 2 aromatic heterocycles. The van der Waals surface area contributed by atoms with Crippen LogP contribution in [0.4, 0.5) is 15.7 Å². The zero-order valence-corrected chi connectivity index (χ0v) is 19.7. The number of amides is 1. The van der Waals surface area contributed by atoms with Gasteiger partial charge < -0.3 is 5.32 Å². The summed E-state index contributed by atoms with van der Waals surface area (Å²) in [5.74, 6) is -0.411. The van der Waals surface area contributed by atoms with Crippen molar-refractivity contribution in [3.05, 3.63) is 70.4 Å². The number of rotatable bonds is 8. The standard InChI is InChI=1S/C23H23N3O2S3/c1-3-24-23(29)25(4-2)22(28)18(16-27)15-17-9-11-19(12-10-17)26(20-7-5-13-30-20)21-8-6-14-31-21/h5-16H,3-4H2,1-2H3,(H,24,29). The predicted octanol–water partition coefficient (Wildman–Crippen LogP) is 5.60. The molecule has 0 atom stereocenters. The van der Waals surface area contributed by atoms with Gasteiger partial charge in [0.15, 0.2) is 11.4 Å². The number of anilines is 3. The van der Waals surface area contributed by atoms with Crippen molar-refractivity contribution in [2.75, 3.05) is 18.0 Å². The Kier molecular flexibility index (Phi) is 8.11. The largest absolute Gasteiger partial charge is 0.362 e. The number of nitrogens with zero attached hydrogens (tertiary/aromatic N) is 2. The van der Waals surface area contributed by atoms with Crippen LogP contribution in [0.5, 0.6) is 0 Å². The summed E-state index contributed by atoms with van der Waals surface area (Å²) in [7, 11) is 0. The summed E-state index contributed by atoms with van der Waals surface area (Å²) in [4.78, 5) is 28.0. The number of carbonyl (C=O) groups excluding carboxylic acids is 2. The fourth-order valence-corrected chi connectivity index (χ4v) is 4.92. The maximum atomic E-state index is 12.8. The van der Waals surface area contributed by atoms with Gasteiger partial charge in [0.25, 0.3) is 5.91 Å². The second-order valence-corrected chi connectivity index (χ2v) is 8.67. The van der Waals surface area contributed by atoms with E-state index < -0.39 is 5.91 Å². The van der Waals surface area contributed by atoms with E-state index >= 15 is 0 Å². The Labute approximate surface area is 195 Å². The predicted molar refractivity (Wildman–Crippen MR) is 135 cm³/mol. The number of hydrogen-bond acceptors (Lipinski definition) is 6. The van der Waals surface area contributed by atoms with Crippen molar-refractivity contribution in [1.29, 1.82) is 0 Å². The number of carbonyl (C=O) groups is 2. The van der Waals surface area contributed by atoms with Gasteiger partial charge in [0.2, 0.25) is 0 Å². The first-order valence-corrected chi connectivity index (χ1v) is 12.0. The molecule has 0 bridgehead atoms. The van der Waals surface area contributed by atoms with E-state index in [0.29, 0.717) is 24.5 Å². The number of aldehydes is 1. The number of thiophene rings is 2. The first-order valence-electron chi connectivity index (χ1n) is 9.82. The molecule has 1 N–H and O–H groups in total. The molecule has 0 spiro atoms. The molecule has 0 saturated heterocycles. The van der Waals surface area contributed by atoms with Gasteiger partial charge in [-0.2, -0.15) is 0 Å². The van der Waals surface area contributed by atoms with E-state index in [1.54, 1.807) is 28.7 Å². The number of benzene rings is 1. The Balaban J connectivity index is 1.87. The molecule has 0 unspecified atom stereocenters. The van der Waals surface area contributed by atoms with Crippen LogP contribution in [-0.2, 0) is 9.59 Å². The molecule has 3 aromatic rings. The highest BCUT2D eigenvalue weighted by Gasteiger charge is 2.20. The number of hydrogen-bond donors (Lipinski definition) is 1. The monoisotopic (exact) mass is 469 g/mol. The molecule has 2 heterocycles. The van der Waals surface area contributed by atoms with Crippen molar-refractivity contribution >= 4 is 74.0 Å². The highest BCUT2D eigenvalue weighted by atomic mass is 32.1. The van der Waals surface area contributed by atoms with Gasteiger partial charge in [-0.1, -0.05) is 12.1 Å². The third-order valence-electron chi connectivity index (χ3n) is 4.43. The van der Waals surface area contributed by atoms with Gasteiger partial charge in [0.05, 0.1) is 5.57 Å². The van der Waals surface area contributed by atoms with Crippen molar-refractivity contribution in [2.24, 2.45) is 0 Å². The molecule has 0 aliphatic heterocycles. The molecule has 0 saturated carbocycles. The van der Waals surface area contributed by atoms with Crippen LogP contribution in [0.15, 0.2) is 64.9 Å². The summed E-state index contributed by atoms with van der Waals surface area (Å²) >= 11 is 8.58. The molecular weight excluding hydrogens is 446 g/mol. The molecule has 1 aromatic carbocycles.